The molecule has 0 bridgehead atoms. The van der Waals surface area contributed by atoms with Gasteiger partial charge in [-0.2, -0.15) is 11.1 Å². The summed E-state index contributed by atoms with van der Waals surface area (Å²) in [6.45, 7) is 18.7. The fourth-order valence-electron chi connectivity index (χ4n) is 3.35. The SMILES string of the molecule is CC(CC(C)(C)CC(C)(C)C)C[Si](C)(C)Cl. The van der Waals surface area contributed by atoms with Crippen molar-refractivity contribution in [2.24, 2.45) is 16.7 Å². The second-order valence-corrected chi connectivity index (χ2v) is 15.0. The van der Waals surface area contributed by atoms with Gasteiger partial charge in [0.05, 0.1) is 0 Å². The molecule has 0 aliphatic rings. The van der Waals surface area contributed by atoms with Crippen molar-refractivity contribution >= 4 is 18.5 Å². The van der Waals surface area contributed by atoms with E-state index in [1.165, 1.54) is 18.9 Å². The van der Waals surface area contributed by atoms with Crippen LogP contribution in [-0.2, 0) is 0 Å². The zero-order valence-corrected chi connectivity index (χ0v) is 14.3. The summed E-state index contributed by atoms with van der Waals surface area (Å²) < 4.78 is 0. The van der Waals surface area contributed by atoms with Gasteiger partial charge in [0.25, 0.3) is 0 Å². The Morgan fingerprint density at radius 1 is 1.06 bits per heavy atom. The van der Waals surface area contributed by atoms with E-state index in [2.05, 4.69) is 54.6 Å². The summed E-state index contributed by atoms with van der Waals surface area (Å²) in [6.07, 6.45) is 2.59. The Balaban J connectivity index is 4.26. The maximum absolute atomic E-state index is 6.43. The van der Waals surface area contributed by atoms with Crippen LogP contribution in [0.25, 0.3) is 0 Å². The van der Waals surface area contributed by atoms with Crippen LogP contribution in [0, 0.1) is 16.7 Å². The highest BCUT2D eigenvalue weighted by atomic mass is 35.6. The Morgan fingerprint density at radius 2 is 1.50 bits per heavy atom. The van der Waals surface area contributed by atoms with Gasteiger partial charge in [0.2, 0.25) is 0 Å². The molecular weight excluding hydrogens is 232 g/mol. The first-order valence-electron chi connectivity index (χ1n) is 6.50. The fourth-order valence-corrected chi connectivity index (χ4v) is 5.94. The second kappa shape index (κ2) is 5.43. The molecule has 0 aliphatic carbocycles. The Bertz CT molecular complexity index is 208. The Kier molecular flexibility index (Phi) is 5.61. The van der Waals surface area contributed by atoms with Gasteiger partial charge >= 0.3 is 0 Å². The minimum absolute atomic E-state index is 0.428. The van der Waals surface area contributed by atoms with Crippen molar-refractivity contribution < 1.29 is 0 Å². The highest BCUT2D eigenvalue weighted by molar-refractivity contribution is 7.19. The summed E-state index contributed by atoms with van der Waals surface area (Å²) in [7, 11) is -1.41. The van der Waals surface area contributed by atoms with Gasteiger partial charge in [-0.3, -0.25) is 0 Å². The van der Waals surface area contributed by atoms with E-state index in [4.69, 9.17) is 11.1 Å². The predicted octanol–water partition coefficient (Wildman–Crippen LogP) is 5.92. The van der Waals surface area contributed by atoms with Crippen LogP contribution in [0.4, 0.5) is 0 Å². The Morgan fingerprint density at radius 3 is 1.81 bits per heavy atom. The van der Waals surface area contributed by atoms with E-state index in [1.54, 1.807) is 0 Å². The van der Waals surface area contributed by atoms with E-state index in [-0.39, 0.29) is 0 Å². The van der Waals surface area contributed by atoms with Gasteiger partial charge in [0.15, 0.2) is 7.38 Å². The molecule has 0 nitrogen and oxygen atoms in total. The average molecular weight is 263 g/mol. The summed E-state index contributed by atoms with van der Waals surface area (Å²) in [5.41, 5.74) is 0.866. The maximum Gasteiger partial charge on any atom is 0.150 e. The maximum atomic E-state index is 6.43. The lowest BCUT2D eigenvalue weighted by atomic mass is 9.72. The van der Waals surface area contributed by atoms with Gasteiger partial charge in [-0.1, -0.05) is 54.6 Å². The van der Waals surface area contributed by atoms with Crippen molar-refractivity contribution in [1.82, 2.24) is 0 Å². The number of halogens is 1. The molecule has 1 atom stereocenters. The highest BCUT2D eigenvalue weighted by Gasteiger charge is 2.29. The van der Waals surface area contributed by atoms with Gasteiger partial charge in [-0.25, -0.2) is 0 Å². The molecule has 98 valence electrons. The first kappa shape index (κ1) is 16.5. The molecular formula is C14H31ClSi. The minimum Gasteiger partial charge on any atom is -0.168 e. The van der Waals surface area contributed by atoms with Crippen LogP contribution in [0.1, 0.15) is 54.4 Å². The number of hydrogen-bond donors (Lipinski definition) is 0. The quantitative estimate of drug-likeness (QED) is 0.426. The minimum atomic E-state index is -1.41. The molecule has 0 saturated carbocycles. The lowest BCUT2D eigenvalue weighted by Gasteiger charge is -2.35. The standard InChI is InChI=1S/C14H31ClSi/c1-12(10-16(7,8)15)9-14(5,6)11-13(2,3)4/h12H,9-11H2,1-8H3. The number of rotatable bonds is 5. The molecule has 0 saturated heterocycles. The third kappa shape index (κ3) is 9.71. The summed E-state index contributed by atoms with van der Waals surface area (Å²) >= 11 is 6.43. The van der Waals surface area contributed by atoms with E-state index in [0.717, 1.165) is 5.92 Å². The molecule has 2 heteroatoms. The Hall–Kier alpha value is 0.507. The monoisotopic (exact) mass is 262 g/mol. The second-order valence-electron chi connectivity index (χ2n) is 8.13. The van der Waals surface area contributed by atoms with Gasteiger partial charge in [-0.15, -0.1) is 0 Å². The molecule has 0 aromatic heterocycles. The van der Waals surface area contributed by atoms with E-state index in [1.807, 2.05) is 0 Å². The zero-order valence-electron chi connectivity index (χ0n) is 12.6. The van der Waals surface area contributed by atoms with Gasteiger partial charge in [0, 0.05) is 0 Å². The van der Waals surface area contributed by atoms with Crippen LogP contribution < -0.4 is 0 Å². The summed E-state index contributed by atoms with van der Waals surface area (Å²) in [6, 6.07) is 1.24. The van der Waals surface area contributed by atoms with E-state index < -0.39 is 7.38 Å². The van der Waals surface area contributed by atoms with Gasteiger partial charge in [0.1, 0.15) is 0 Å². The normalized spacial score (nSPS) is 16.3. The zero-order chi connectivity index (χ0) is 13.2. The van der Waals surface area contributed by atoms with Crippen LogP contribution in [0.5, 0.6) is 0 Å². The predicted molar refractivity (Wildman–Crippen MR) is 79.8 cm³/mol. The van der Waals surface area contributed by atoms with Crippen molar-refractivity contribution in [3.05, 3.63) is 0 Å². The molecule has 0 N–H and O–H groups in total. The fraction of sp³-hybridized carbons (Fsp3) is 1.00. The summed E-state index contributed by atoms with van der Waals surface area (Å²) in [5, 5.41) is 0. The molecule has 0 aromatic rings. The Labute approximate surface area is 109 Å². The van der Waals surface area contributed by atoms with Crippen molar-refractivity contribution in [2.75, 3.05) is 0 Å². The first-order valence-corrected chi connectivity index (χ1v) is 10.7. The third-order valence-electron chi connectivity index (χ3n) is 2.74. The molecule has 0 fully saturated rings. The molecule has 0 aromatic carbocycles. The third-order valence-corrected chi connectivity index (χ3v) is 4.87. The van der Waals surface area contributed by atoms with Crippen molar-refractivity contribution in [2.45, 2.75) is 73.5 Å². The topological polar surface area (TPSA) is 0 Å². The summed E-state index contributed by atoms with van der Waals surface area (Å²) in [5.74, 6) is 0.761. The lowest BCUT2D eigenvalue weighted by molar-refractivity contribution is 0.179. The van der Waals surface area contributed by atoms with Crippen LogP contribution in [0.3, 0.4) is 0 Å². The molecule has 0 spiro atoms. The summed E-state index contributed by atoms with van der Waals surface area (Å²) in [4.78, 5) is 0. The van der Waals surface area contributed by atoms with Gasteiger partial charge in [-0.05, 0) is 35.6 Å². The van der Waals surface area contributed by atoms with E-state index >= 15 is 0 Å². The molecule has 0 amide bonds. The lowest BCUT2D eigenvalue weighted by Crippen LogP contribution is -2.26. The van der Waals surface area contributed by atoms with Crippen LogP contribution >= 0.6 is 11.1 Å². The van der Waals surface area contributed by atoms with Crippen molar-refractivity contribution in [1.29, 1.82) is 0 Å². The molecule has 0 radical (unpaired) electrons. The van der Waals surface area contributed by atoms with Crippen LogP contribution in [0.15, 0.2) is 0 Å². The smallest absolute Gasteiger partial charge is 0.150 e. The molecule has 0 rings (SSSR count). The molecule has 0 heterocycles. The molecule has 0 aliphatic heterocycles. The van der Waals surface area contributed by atoms with E-state index in [9.17, 15) is 0 Å². The van der Waals surface area contributed by atoms with Crippen LogP contribution in [0.2, 0.25) is 19.1 Å². The van der Waals surface area contributed by atoms with Crippen LogP contribution in [-0.4, -0.2) is 7.38 Å². The number of hydrogen-bond acceptors (Lipinski definition) is 0. The largest absolute Gasteiger partial charge is 0.168 e. The van der Waals surface area contributed by atoms with Gasteiger partial charge < -0.3 is 0 Å². The highest BCUT2D eigenvalue weighted by Crippen LogP contribution is 2.39. The average Bonchev–Trinajstić information content (AvgIpc) is 1.70. The van der Waals surface area contributed by atoms with E-state index in [0.29, 0.717) is 10.8 Å². The molecule has 1 unspecified atom stereocenters. The van der Waals surface area contributed by atoms with Crippen molar-refractivity contribution in [3.8, 4) is 0 Å². The molecule has 16 heavy (non-hydrogen) atoms. The van der Waals surface area contributed by atoms with Crippen molar-refractivity contribution in [3.63, 3.8) is 0 Å². The first-order chi connectivity index (χ1) is 6.81.